The van der Waals surface area contributed by atoms with Crippen LogP contribution in [0.4, 0.5) is 0 Å². The van der Waals surface area contributed by atoms with Crippen LogP contribution in [0.1, 0.15) is 35.5 Å². The van der Waals surface area contributed by atoms with Gasteiger partial charge in [-0.3, -0.25) is 10.8 Å². The molecule has 0 unspecified atom stereocenters. The van der Waals surface area contributed by atoms with Crippen LogP contribution in [0.2, 0.25) is 0 Å². The van der Waals surface area contributed by atoms with Crippen LogP contribution in [0.3, 0.4) is 0 Å². The van der Waals surface area contributed by atoms with Crippen molar-refractivity contribution >= 4 is 37.7 Å². The normalized spacial score (nSPS) is 13.7. The number of aromatic nitrogens is 2. The lowest BCUT2D eigenvalue weighted by Crippen LogP contribution is -2.16. The molecule has 0 atom stereocenters. The van der Waals surface area contributed by atoms with Crippen molar-refractivity contribution in [3.05, 3.63) is 65.4 Å². The van der Waals surface area contributed by atoms with Crippen LogP contribution in [-0.4, -0.2) is 40.9 Å². The highest BCUT2D eigenvalue weighted by molar-refractivity contribution is 8.26. The van der Waals surface area contributed by atoms with Crippen molar-refractivity contribution in [2.45, 2.75) is 24.5 Å². The minimum absolute atomic E-state index is 0.0369. The maximum atomic E-state index is 12.9. The lowest BCUT2D eigenvalue weighted by molar-refractivity contribution is 0.0518. The van der Waals surface area contributed by atoms with Gasteiger partial charge in [0.2, 0.25) is 0 Å². The summed E-state index contributed by atoms with van der Waals surface area (Å²) in [5.74, 6) is -1.04. The zero-order valence-electron chi connectivity index (χ0n) is 17.4. The number of esters is 1. The van der Waals surface area contributed by atoms with E-state index in [4.69, 9.17) is 15.6 Å². The molecule has 0 saturated heterocycles. The third-order valence-corrected chi connectivity index (χ3v) is 7.31. The number of thioether (sulfide) groups is 1. The smallest absolute Gasteiger partial charge is 0.359 e. The van der Waals surface area contributed by atoms with Gasteiger partial charge in [-0.25, -0.2) is 17.9 Å². The molecular weight excluding hydrogens is 448 g/mol. The third-order valence-electron chi connectivity index (χ3n) is 4.87. The fourth-order valence-electron chi connectivity index (χ4n) is 3.61. The first-order valence-electron chi connectivity index (χ1n) is 9.76. The Hall–Kier alpha value is -3.24. The van der Waals surface area contributed by atoms with E-state index in [0.717, 1.165) is 11.8 Å². The van der Waals surface area contributed by atoms with E-state index < -0.39 is 15.8 Å². The SMILES string of the molecule is CCOC(=O)c1nn(-c2cccc(C(=N)SC(C)=N)c2)c2c1CS(=O)(=O)c1ccccc1-2. The molecule has 3 aromatic rings. The second kappa shape index (κ2) is 8.36. The van der Waals surface area contributed by atoms with Crippen molar-refractivity contribution in [1.82, 2.24) is 9.78 Å². The monoisotopic (exact) mass is 468 g/mol. The molecule has 2 N–H and O–H groups in total. The Labute approximate surface area is 189 Å². The second-order valence-corrected chi connectivity index (χ2v) is 10.3. The summed E-state index contributed by atoms with van der Waals surface area (Å²) in [6, 6.07) is 13.6. The summed E-state index contributed by atoms with van der Waals surface area (Å²) >= 11 is 1.03. The topological polar surface area (TPSA) is 126 Å². The van der Waals surface area contributed by atoms with Gasteiger partial charge in [0.15, 0.2) is 15.5 Å². The van der Waals surface area contributed by atoms with Crippen molar-refractivity contribution in [3.8, 4) is 16.9 Å². The first-order chi connectivity index (χ1) is 15.2. The quantitative estimate of drug-likeness (QED) is 0.338. The number of hydrogen-bond acceptors (Lipinski definition) is 8. The fourth-order valence-corrected chi connectivity index (χ4v) is 5.75. The number of benzene rings is 2. The zero-order chi connectivity index (χ0) is 23.0. The maximum absolute atomic E-state index is 12.9. The highest BCUT2D eigenvalue weighted by Crippen LogP contribution is 2.40. The van der Waals surface area contributed by atoms with E-state index in [1.54, 1.807) is 62.4 Å². The van der Waals surface area contributed by atoms with Gasteiger partial charge in [-0.1, -0.05) is 42.1 Å². The zero-order valence-corrected chi connectivity index (χ0v) is 19.0. The predicted octanol–water partition coefficient (Wildman–Crippen LogP) is 4.06. The van der Waals surface area contributed by atoms with E-state index in [2.05, 4.69) is 5.10 Å². The molecule has 1 aromatic heterocycles. The van der Waals surface area contributed by atoms with Gasteiger partial charge in [0, 0.05) is 16.7 Å². The molecule has 0 spiro atoms. The van der Waals surface area contributed by atoms with Gasteiger partial charge in [0.1, 0.15) is 5.04 Å². The van der Waals surface area contributed by atoms with E-state index in [9.17, 15) is 13.2 Å². The molecule has 0 aliphatic carbocycles. The molecule has 0 bridgehead atoms. The number of hydrogen-bond donors (Lipinski definition) is 2. The molecule has 0 fully saturated rings. The maximum Gasteiger partial charge on any atom is 0.359 e. The van der Waals surface area contributed by atoms with Gasteiger partial charge in [-0.15, -0.1) is 0 Å². The number of nitrogens with one attached hydrogen (secondary N) is 2. The van der Waals surface area contributed by atoms with Crippen molar-refractivity contribution in [2.24, 2.45) is 0 Å². The minimum atomic E-state index is -3.65. The summed E-state index contributed by atoms with van der Waals surface area (Å²) in [5, 5.41) is 20.8. The fraction of sp³-hybridized carbons (Fsp3) is 0.182. The second-order valence-electron chi connectivity index (χ2n) is 7.10. The molecule has 0 radical (unpaired) electrons. The van der Waals surface area contributed by atoms with Gasteiger partial charge < -0.3 is 4.74 Å². The van der Waals surface area contributed by atoms with E-state index in [0.29, 0.717) is 33.1 Å². The van der Waals surface area contributed by atoms with Gasteiger partial charge in [-0.2, -0.15) is 5.10 Å². The van der Waals surface area contributed by atoms with Crippen LogP contribution in [0, 0.1) is 10.8 Å². The Balaban J connectivity index is 1.96. The molecule has 2 aromatic carbocycles. The Bertz CT molecular complexity index is 1380. The van der Waals surface area contributed by atoms with E-state index in [1.165, 1.54) is 4.68 Å². The lowest BCUT2D eigenvalue weighted by atomic mass is 10.1. The average molecular weight is 469 g/mol. The molecule has 1 aliphatic heterocycles. The Morgan fingerprint density at radius 2 is 1.94 bits per heavy atom. The van der Waals surface area contributed by atoms with E-state index in [1.807, 2.05) is 0 Å². The van der Waals surface area contributed by atoms with Crippen LogP contribution in [0.15, 0.2) is 53.4 Å². The summed E-state index contributed by atoms with van der Waals surface area (Å²) in [7, 11) is -3.65. The molecule has 8 nitrogen and oxygen atoms in total. The number of ether oxygens (including phenoxy) is 1. The molecule has 2 heterocycles. The first-order valence-corrected chi connectivity index (χ1v) is 12.2. The number of carbonyl (C=O) groups is 1. The number of rotatable bonds is 4. The Morgan fingerprint density at radius 3 is 2.66 bits per heavy atom. The van der Waals surface area contributed by atoms with Crippen molar-refractivity contribution in [1.29, 1.82) is 10.8 Å². The van der Waals surface area contributed by atoms with E-state index in [-0.39, 0.29) is 28.0 Å². The molecule has 10 heteroatoms. The van der Waals surface area contributed by atoms with E-state index >= 15 is 0 Å². The molecule has 4 rings (SSSR count). The Kier molecular flexibility index (Phi) is 5.74. The van der Waals surface area contributed by atoms with Crippen LogP contribution >= 0.6 is 11.8 Å². The largest absolute Gasteiger partial charge is 0.461 e. The molecule has 0 amide bonds. The standard InChI is InChI=1S/C22H20N4O4S2/c1-3-30-22(27)19-17-12-32(28,29)18-10-5-4-9-16(18)20(17)26(25-19)15-8-6-7-14(11-15)21(24)31-13(2)23/h4-11,23-24H,3,12H2,1-2H3. The summed E-state index contributed by atoms with van der Waals surface area (Å²) in [6.45, 7) is 3.41. The van der Waals surface area contributed by atoms with Crippen LogP contribution < -0.4 is 0 Å². The molecule has 1 aliphatic rings. The molecule has 32 heavy (non-hydrogen) atoms. The summed E-state index contributed by atoms with van der Waals surface area (Å²) in [4.78, 5) is 12.8. The van der Waals surface area contributed by atoms with Gasteiger partial charge in [-0.05, 0) is 32.0 Å². The van der Waals surface area contributed by atoms with Gasteiger partial charge >= 0.3 is 5.97 Å². The van der Waals surface area contributed by atoms with Crippen molar-refractivity contribution < 1.29 is 17.9 Å². The number of carbonyl (C=O) groups excluding carboxylic acids is 1. The molecule has 164 valence electrons. The summed E-state index contributed by atoms with van der Waals surface area (Å²) < 4.78 is 32.5. The summed E-state index contributed by atoms with van der Waals surface area (Å²) in [5.41, 5.74) is 2.38. The first kappa shape index (κ1) is 22.0. The van der Waals surface area contributed by atoms with Crippen LogP contribution in [0.25, 0.3) is 16.9 Å². The predicted molar refractivity (Wildman–Crippen MR) is 124 cm³/mol. The van der Waals surface area contributed by atoms with Crippen LogP contribution in [-0.2, 0) is 20.3 Å². The van der Waals surface area contributed by atoms with Crippen LogP contribution in [0.5, 0.6) is 0 Å². The number of fused-ring (bicyclic) bond motifs is 3. The number of nitrogens with zero attached hydrogens (tertiary/aromatic N) is 2. The average Bonchev–Trinajstić information content (AvgIpc) is 3.12. The molecular formula is C22H20N4O4S2. The molecule has 0 saturated carbocycles. The number of sulfone groups is 1. The Morgan fingerprint density at radius 1 is 1.19 bits per heavy atom. The highest BCUT2D eigenvalue weighted by Gasteiger charge is 2.36. The van der Waals surface area contributed by atoms with Crippen molar-refractivity contribution in [2.75, 3.05) is 6.61 Å². The van der Waals surface area contributed by atoms with Gasteiger partial charge in [0.25, 0.3) is 0 Å². The summed E-state index contributed by atoms with van der Waals surface area (Å²) in [6.07, 6.45) is 0. The van der Waals surface area contributed by atoms with Gasteiger partial charge in [0.05, 0.1) is 33.7 Å². The van der Waals surface area contributed by atoms with Crippen molar-refractivity contribution in [3.63, 3.8) is 0 Å². The highest BCUT2D eigenvalue weighted by atomic mass is 32.2. The minimum Gasteiger partial charge on any atom is -0.461 e. The third kappa shape index (κ3) is 3.87. The lowest BCUT2D eigenvalue weighted by Gasteiger charge is -2.19.